The van der Waals surface area contributed by atoms with E-state index in [2.05, 4.69) is 5.32 Å². The van der Waals surface area contributed by atoms with Gasteiger partial charge in [0.2, 0.25) is 0 Å². The standard InChI is InChI=1S/C18H14F3NO2/c19-18(20,21)16(23)11-5-7-12(8-6-11)17(24)22-15-9-13-3-1-2-4-14(13)10-15/h1-8,15H,9-10H2,(H,22,24). The Morgan fingerprint density at radius 3 is 1.88 bits per heavy atom. The number of hydrogen-bond acceptors (Lipinski definition) is 2. The largest absolute Gasteiger partial charge is 0.454 e. The first-order valence-corrected chi connectivity index (χ1v) is 7.44. The average Bonchev–Trinajstić information content (AvgIpc) is 2.95. The molecule has 0 heterocycles. The van der Waals surface area contributed by atoms with Gasteiger partial charge in [-0.05, 0) is 36.1 Å². The van der Waals surface area contributed by atoms with E-state index in [9.17, 15) is 22.8 Å². The van der Waals surface area contributed by atoms with Gasteiger partial charge in [0.25, 0.3) is 11.7 Å². The number of fused-ring (bicyclic) bond motifs is 1. The van der Waals surface area contributed by atoms with Gasteiger partial charge in [0.05, 0.1) is 0 Å². The van der Waals surface area contributed by atoms with Crippen molar-refractivity contribution in [3.05, 3.63) is 70.8 Å². The zero-order chi connectivity index (χ0) is 17.3. The molecular formula is C18H14F3NO2. The molecule has 1 amide bonds. The number of nitrogens with one attached hydrogen (secondary N) is 1. The molecule has 0 fully saturated rings. The number of Topliss-reactive ketones (excluding diaryl/α,β-unsaturated/α-hetero) is 1. The summed E-state index contributed by atoms with van der Waals surface area (Å²) in [7, 11) is 0. The molecule has 124 valence electrons. The van der Waals surface area contributed by atoms with Crippen molar-refractivity contribution in [2.24, 2.45) is 0 Å². The quantitative estimate of drug-likeness (QED) is 0.876. The number of amides is 1. The van der Waals surface area contributed by atoms with E-state index in [1.807, 2.05) is 24.3 Å². The van der Waals surface area contributed by atoms with E-state index in [0.717, 1.165) is 25.0 Å². The zero-order valence-electron chi connectivity index (χ0n) is 12.6. The molecule has 0 atom stereocenters. The third-order valence-corrected chi connectivity index (χ3v) is 4.05. The van der Waals surface area contributed by atoms with Gasteiger partial charge in [-0.15, -0.1) is 0 Å². The van der Waals surface area contributed by atoms with Gasteiger partial charge in [-0.3, -0.25) is 9.59 Å². The third kappa shape index (κ3) is 3.32. The fourth-order valence-electron chi connectivity index (χ4n) is 2.87. The summed E-state index contributed by atoms with van der Waals surface area (Å²) in [6.07, 6.45) is -3.46. The number of carbonyl (C=O) groups excluding carboxylic acids is 2. The Bertz CT molecular complexity index is 757. The average molecular weight is 333 g/mol. The maximum absolute atomic E-state index is 12.4. The minimum Gasteiger partial charge on any atom is -0.349 e. The van der Waals surface area contributed by atoms with Crippen LogP contribution in [0.2, 0.25) is 0 Å². The van der Waals surface area contributed by atoms with Crippen LogP contribution in [0.4, 0.5) is 13.2 Å². The van der Waals surface area contributed by atoms with E-state index in [-0.39, 0.29) is 17.5 Å². The van der Waals surface area contributed by atoms with E-state index in [1.54, 1.807) is 0 Å². The monoisotopic (exact) mass is 333 g/mol. The van der Waals surface area contributed by atoms with Gasteiger partial charge >= 0.3 is 6.18 Å². The van der Waals surface area contributed by atoms with Gasteiger partial charge in [-0.25, -0.2) is 0 Å². The van der Waals surface area contributed by atoms with Crippen LogP contribution < -0.4 is 5.32 Å². The van der Waals surface area contributed by atoms with Crippen molar-refractivity contribution in [1.29, 1.82) is 0 Å². The molecule has 0 aliphatic heterocycles. The lowest BCUT2D eigenvalue weighted by Crippen LogP contribution is -2.35. The van der Waals surface area contributed by atoms with Crippen molar-refractivity contribution < 1.29 is 22.8 Å². The topological polar surface area (TPSA) is 46.2 Å². The molecule has 0 unspecified atom stereocenters. The lowest BCUT2D eigenvalue weighted by atomic mass is 10.1. The smallest absolute Gasteiger partial charge is 0.349 e. The first kappa shape index (κ1) is 16.2. The highest BCUT2D eigenvalue weighted by atomic mass is 19.4. The van der Waals surface area contributed by atoms with E-state index in [0.29, 0.717) is 0 Å². The van der Waals surface area contributed by atoms with Crippen molar-refractivity contribution in [1.82, 2.24) is 5.32 Å². The van der Waals surface area contributed by atoms with Gasteiger partial charge in [0, 0.05) is 17.2 Å². The maximum Gasteiger partial charge on any atom is 0.454 e. The number of benzene rings is 2. The van der Waals surface area contributed by atoms with Crippen LogP contribution in [0.1, 0.15) is 31.8 Å². The first-order valence-electron chi connectivity index (χ1n) is 7.44. The van der Waals surface area contributed by atoms with E-state index in [1.165, 1.54) is 23.3 Å². The molecule has 2 aromatic carbocycles. The van der Waals surface area contributed by atoms with Crippen LogP contribution in [0, 0.1) is 0 Å². The number of carbonyl (C=O) groups is 2. The zero-order valence-corrected chi connectivity index (χ0v) is 12.6. The molecule has 0 bridgehead atoms. The van der Waals surface area contributed by atoms with Crippen LogP contribution in [0.15, 0.2) is 48.5 Å². The normalized spacial score (nSPS) is 14.3. The van der Waals surface area contributed by atoms with Crippen LogP contribution >= 0.6 is 0 Å². The molecular weight excluding hydrogens is 319 g/mol. The van der Waals surface area contributed by atoms with Gasteiger partial charge in [0.1, 0.15) is 0 Å². The van der Waals surface area contributed by atoms with Crippen LogP contribution in [-0.4, -0.2) is 23.9 Å². The molecule has 2 aromatic rings. The Balaban J connectivity index is 1.65. The number of halogens is 3. The maximum atomic E-state index is 12.4. The van der Waals surface area contributed by atoms with Crippen molar-refractivity contribution in [2.45, 2.75) is 25.1 Å². The fraction of sp³-hybridized carbons (Fsp3) is 0.222. The number of hydrogen-bond donors (Lipinski definition) is 1. The van der Waals surface area contributed by atoms with Crippen molar-refractivity contribution in [3.63, 3.8) is 0 Å². The molecule has 0 radical (unpaired) electrons. The molecule has 0 saturated heterocycles. The van der Waals surface area contributed by atoms with Crippen LogP contribution in [0.3, 0.4) is 0 Å². The predicted octanol–water partition coefficient (Wildman–Crippen LogP) is 3.33. The minimum absolute atomic E-state index is 0.0358. The van der Waals surface area contributed by atoms with Gasteiger partial charge in [-0.1, -0.05) is 36.4 Å². The Morgan fingerprint density at radius 2 is 1.38 bits per heavy atom. The molecule has 1 aliphatic carbocycles. The lowest BCUT2D eigenvalue weighted by Gasteiger charge is -2.12. The van der Waals surface area contributed by atoms with Gasteiger partial charge in [0.15, 0.2) is 0 Å². The molecule has 1 N–H and O–H groups in total. The second kappa shape index (κ2) is 6.11. The fourth-order valence-corrected chi connectivity index (χ4v) is 2.87. The van der Waals surface area contributed by atoms with Crippen molar-refractivity contribution in [2.75, 3.05) is 0 Å². The Labute approximate surface area is 136 Å². The molecule has 3 rings (SSSR count). The number of rotatable bonds is 3. The molecule has 24 heavy (non-hydrogen) atoms. The highest BCUT2D eigenvalue weighted by Gasteiger charge is 2.39. The lowest BCUT2D eigenvalue weighted by molar-refractivity contribution is -0.0885. The van der Waals surface area contributed by atoms with Crippen LogP contribution in [0.25, 0.3) is 0 Å². The summed E-state index contributed by atoms with van der Waals surface area (Å²) in [5, 5.41) is 2.87. The molecule has 3 nitrogen and oxygen atoms in total. The summed E-state index contributed by atoms with van der Waals surface area (Å²) < 4.78 is 37.1. The number of ketones is 1. The number of alkyl halides is 3. The van der Waals surface area contributed by atoms with E-state index < -0.39 is 17.5 Å². The highest BCUT2D eigenvalue weighted by molar-refractivity contribution is 6.01. The Morgan fingerprint density at radius 1 is 0.875 bits per heavy atom. The second-order valence-corrected chi connectivity index (χ2v) is 5.75. The van der Waals surface area contributed by atoms with Crippen molar-refractivity contribution >= 4 is 11.7 Å². The van der Waals surface area contributed by atoms with Crippen LogP contribution in [0.5, 0.6) is 0 Å². The Kier molecular flexibility index (Phi) is 4.13. The molecule has 0 spiro atoms. The highest BCUT2D eigenvalue weighted by Crippen LogP contribution is 2.23. The van der Waals surface area contributed by atoms with Gasteiger partial charge < -0.3 is 5.32 Å². The molecule has 6 heteroatoms. The van der Waals surface area contributed by atoms with E-state index >= 15 is 0 Å². The molecule has 0 saturated carbocycles. The summed E-state index contributed by atoms with van der Waals surface area (Å²) in [6, 6.07) is 12.4. The summed E-state index contributed by atoms with van der Waals surface area (Å²) >= 11 is 0. The minimum atomic E-state index is -4.92. The first-order chi connectivity index (χ1) is 11.3. The molecule has 0 aromatic heterocycles. The summed E-state index contributed by atoms with van der Waals surface area (Å²) in [5.41, 5.74) is 2.12. The third-order valence-electron chi connectivity index (χ3n) is 4.05. The van der Waals surface area contributed by atoms with Crippen LogP contribution in [-0.2, 0) is 12.8 Å². The summed E-state index contributed by atoms with van der Waals surface area (Å²) in [4.78, 5) is 23.3. The molecule has 1 aliphatic rings. The van der Waals surface area contributed by atoms with Crippen molar-refractivity contribution in [3.8, 4) is 0 Å². The summed E-state index contributed by atoms with van der Waals surface area (Å²) in [5.74, 6) is -2.28. The van der Waals surface area contributed by atoms with Gasteiger partial charge in [-0.2, -0.15) is 13.2 Å². The second-order valence-electron chi connectivity index (χ2n) is 5.75. The van der Waals surface area contributed by atoms with E-state index in [4.69, 9.17) is 0 Å². The SMILES string of the molecule is O=C(NC1Cc2ccccc2C1)c1ccc(C(=O)C(F)(F)F)cc1. The Hall–Kier alpha value is -2.63. The predicted molar refractivity (Wildman–Crippen MR) is 81.9 cm³/mol. The summed E-state index contributed by atoms with van der Waals surface area (Å²) in [6.45, 7) is 0.